The molecule has 0 bridgehead atoms. The van der Waals surface area contributed by atoms with Gasteiger partial charge in [0, 0.05) is 38.0 Å². The summed E-state index contributed by atoms with van der Waals surface area (Å²) in [5.74, 6) is 0.199. The molecule has 5 nitrogen and oxygen atoms in total. The van der Waals surface area contributed by atoms with Gasteiger partial charge in [0.05, 0.1) is 22.0 Å². The van der Waals surface area contributed by atoms with Crippen LogP contribution in [0.1, 0.15) is 16.8 Å². The molecule has 0 aliphatic carbocycles. The molecule has 0 spiro atoms. The van der Waals surface area contributed by atoms with Crippen LogP contribution >= 0.6 is 22.7 Å². The SMILES string of the molecule is CC(=O)N1CCN(C(=O)Cc2sc(C)nc2-c2cccs2)CC1. The van der Waals surface area contributed by atoms with Crippen LogP contribution in [0.5, 0.6) is 0 Å². The monoisotopic (exact) mass is 349 g/mol. The Labute approximate surface area is 143 Å². The number of carbonyl (C=O) groups excluding carboxylic acids is 2. The van der Waals surface area contributed by atoms with Crippen LogP contribution in [0.3, 0.4) is 0 Å². The van der Waals surface area contributed by atoms with E-state index in [1.807, 2.05) is 29.3 Å². The minimum Gasteiger partial charge on any atom is -0.339 e. The first-order valence-electron chi connectivity index (χ1n) is 7.58. The van der Waals surface area contributed by atoms with E-state index in [0.717, 1.165) is 20.5 Å². The normalized spacial score (nSPS) is 15.0. The van der Waals surface area contributed by atoms with Crippen LogP contribution in [0.15, 0.2) is 17.5 Å². The zero-order valence-corrected chi connectivity index (χ0v) is 14.9. The number of hydrogen-bond donors (Lipinski definition) is 0. The van der Waals surface area contributed by atoms with Gasteiger partial charge >= 0.3 is 0 Å². The number of aromatic nitrogens is 1. The fourth-order valence-corrected chi connectivity index (χ4v) is 4.46. The van der Waals surface area contributed by atoms with Crippen LogP contribution in [0, 0.1) is 6.92 Å². The molecule has 7 heteroatoms. The molecule has 1 saturated heterocycles. The molecule has 2 amide bonds. The summed E-state index contributed by atoms with van der Waals surface area (Å²) in [4.78, 5) is 34.3. The summed E-state index contributed by atoms with van der Waals surface area (Å²) in [6, 6.07) is 4.04. The minimum atomic E-state index is 0.0789. The Hall–Kier alpha value is -1.73. The lowest BCUT2D eigenvalue weighted by molar-refractivity contribution is -0.137. The Morgan fingerprint density at radius 3 is 2.52 bits per heavy atom. The molecule has 2 aromatic rings. The van der Waals surface area contributed by atoms with Crippen molar-refractivity contribution in [2.24, 2.45) is 0 Å². The fourth-order valence-electron chi connectivity index (χ4n) is 2.71. The van der Waals surface area contributed by atoms with E-state index in [-0.39, 0.29) is 11.8 Å². The topological polar surface area (TPSA) is 53.5 Å². The maximum atomic E-state index is 12.6. The molecule has 0 unspecified atom stereocenters. The van der Waals surface area contributed by atoms with Crippen molar-refractivity contribution >= 4 is 34.5 Å². The number of rotatable bonds is 3. The number of aryl methyl sites for hydroxylation is 1. The number of piperazine rings is 1. The molecule has 0 atom stereocenters. The average molecular weight is 349 g/mol. The third kappa shape index (κ3) is 3.61. The van der Waals surface area contributed by atoms with Crippen LogP contribution in [-0.4, -0.2) is 52.8 Å². The molecule has 0 aromatic carbocycles. The van der Waals surface area contributed by atoms with E-state index in [1.165, 1.54) is 0 Å². The molecular weight excluding hydrogens is 330 g/mol. The van der Waals surface area contributed by atoms with Gasteiger partial charge in [-0.3, -0.25) is 9.59 Å². The Balaban J connectivity index is 1.68. The third-order valence-electron chi connectivity index (χ3n) is 3.95. The zero-order valence-electron chi connectivity index (χ0n) is 13.2. The van der Waals surface area contributed by atoms with Gasteiger partial charge in [-0.1, -0.05) is 6.07 Å². The predicted molar refractivity (Wildman–Crippen MR) is 92.7 cm³/mol. The first-order chi connectivity index (χ1) is 11.0. The van der Waals surface area contributed by atoms with Gasteiger partial charge < -0.3 is 9.80 Å². The second-order valence-corrected chi connectivity index (χ2v) is 7.78. The average Bonchev–Trinajstić information content (AvgIpc) is 3.16. The van der Waals surface area contributed by atoms with Crippen LogP contribution in [0.2, 0.25) is 0 Å². The van der Waals surface area contributed by atoms with Crippen molar-refractivity contribution < 1.29 is 9.59 Å². The number of thiazole rings is 1. The maximum absolute atomic E-state index is 12.6. The van der Waals surface area contributed by atoms with Crippen molar-refractivity contribution in [2.45, 2.75) is 20.3 Å². The summed E-state index contributed by atoms with van der Waals surface area (Å²) in [5, 5.41) is 3.01. The van der Waals surface area contributed by atoms with Crippen LogP contribution in [0.4, 0.5) is 0 Å². The second kappa shape index (κ2) is 6.80. The lowest BCUT2D eigenvalue weighted by atomic mass is 10.2. The molecule has 2 aromatic heterocycles. The fraction of sp³-hybridized carbons (Fsp3) is 0.438. The van der Waals surface area contributed by atoms with Crippen molar-refractivity contribution in [2.75, 3.05) is 26.2 Å². The smallest absolute Gasteiger partial charge is 0.228 e. The Kier molecular flexibility index (Phi) is 4.77. The van der Waals surface area contributed by atoms with E-state index >= 15 is 0 Å². The highest BCUT2D eigenvalue weighted by atomic mass is 32.1. The molecule has 3 rings (SSSR count). The molecule has 3 heterocycles. The molecule has 122 valence electrons. The lowest BCUT2D eigenvalue weighted by Gasteiger charge is -2.34. The van der Waals surface area contributed by atoms with Gasteiger partial charge in [0.2, 0.25) is 11.8 Å². The van der Waals surface area contributed by atoms with Gasteiger partial charge in [-0.15, -0.1) is 22.7 Å². The van der Waals surface area contributed by atoms with E-state index in [1.54, 1.807) is 34.5 Å². The number of amides is 2. The molecule has 1 fully saturated rings. The van der Waals surface area contributed by atoms with E-state index in [4.69, 9.17) is 0 Å². The van der Waals surface area contributed by atoms with Crippen LogP contribution < -0.4 is 0 Å². The van der Waals surface area contributed by atoms with Crippen molar-refractivity contribution in [3.8, 4) is 10.6 Å². The van der Waals surface area contributed by atoms with E-state index in [9.17, 15) is 9.59 Å². The predicted octanol–water partition coefficient (Wildman–Crippen LogP) is 2.41. The largest absolute Gasteiger partial charge is 0.339 e. The number of thiophene rings is 1. The lowest BCUT2D eigenvalue weighted by Crippen LogP contribution is -2.50. The molecule has 1 aliphatic rings. The second-order valence-electron chi connectivity index (χ2n) is 5.55. The number of carbonyl (C=O) groups is 2. The highest BCUT2D eigenvalue weighted by Gasteiger charge is 2.24. The minimum absolute atomic E-state index is 0.0789. The van der Waals surface area contributed by atoms with Gasteiger partial charge in [0.25, 0.3) is 0 Å². The summed E-state index contributed by atoms with van der Waals surface area (Å²) < 4.78 is 0. The molecule has 0 saturated carbocycles. The van der Waals surface area contributed by atoms with E-state index < -0.39 is 0 Å². The Bertz CT molecular complexity index is 701. The molecule has 1 aliphatic heterocycles. The first-order valence-corrected chi connectivity index (χ1v) is 9.27. The van der Waals surface area contributed by atoms with E-state index in [2.05, 4.69) is 4.98 Å². The Morgan fingerprint density at radius 2 is 1.91 bits per heavy atom. The van der Waals surface area contributed by atoms with Gasteiger partial charge in [0.15, 0.2) is 0 Å². The van der Waals surface area contributed by atoms with Crippen molar-refractivity contribution in [3.63, 3.8) is 0 Å². The van der Waals surface area contributed by atoms with Gasteiger partial charge in [-0.25, -0.2) is 4.98 Å². The number of hydrogen-bond acceptors (Lipinski definition) is 5. The molecular formula is C16H19N3O2S2. The maximum Gasteiger partial charge on any atom is 0.228 e. The van der Waals surface area contributed by atoms with Crippen molar-refractivity contribution in [1.82, 2.24) is 14.8 Å². The van der Waals surface area contributed by atoms with Crippen molar-refractivity contribution in [1.29, 1.82) is 0 Å². The summed E-state index contributed by atoms with van der Waals surface area (Å²) in [5.41, 5.74) is 0.943. The summed E-state index contributed by atoms with van der Waals surface area (Å²) in [6.07, 6.45) is 0.388. The highest BCUT2D eigenvalue weighted by molar-refractivity contribution is 7.15. The Morgan fingerprint density at radius 1 is 1.22 bits per heavy atom. The quantitative estimate of drug-likeness (QED) is 0.855. The summed E-state index contributed by atoms with van der Waals surface area (Å²) >= 11 is 3.24. The van der Waals surface area contributed by atoms with Crippen molar-refractivity contribution in [3.05, 3.63) is 27.4 Å². The van der Waals surface area contributed by atoms with Crippen LogP contribution in [-0.2, 0) is 16.0 Å². The standard InChI is InChI=1S/C16H19N3O2S2/c1-11-17-16(13-4-3-9-22-13)14(23-11)10-15(21)19-7-5-18(6-8-19)12(2)20/h3-4,9H,5-8,10H2,1-2H3. The molecule has 23 heavy (non-hydrogen) atoms. The molecule has 0 radical (unpaired) electrons. The zero-order chi connectivity index (χ0) is 16.4. The first kappa shape index (κ1) is 16.1. The molecule has 0 N–H and O–H groups in total. The number of nitrogens with zero attached hydrogens (tertiary/aromatic N) is 3. The van der Waals surface area contributed by atoms with Gasteiger partial charge in [-0.05, 0) is 18.4 Å². The van der Waals surface area contributed by atoms with Crippen LogP contribution in [0.25, 0.3) is 10.6 Å². The summed E-state index contributed by atoms with van der Waals surface area (Å²) in [7, 11) is 0. The van der Waals surface area contributed by atoms with Gasteiger partial charge in [0.1, 0.15) is 0 Å². The highest BCUT2D eigenvalue weighted by Crippen LogP contribution is 2.31. The van der Waals surface area contributed by atoms with E-state index in [0.29, 0.717) is 32.6 Å². The third-order valence-corrected chi connectivity index (χ3v) is 5.80. The summed E-state index contributed by atoms with van der Waals surface area (Å²) in [6.45, 7) is 6.03. The van der Waals surface area contributed by atoms with Gasteiger partial charge in [-0.2, -0.15) is 0 Å².